The number of aliphatic hydroxyl groups excluding tert-OH is 8. The number of hydrogen-bond donors (Lipinski definition) is 10. The first-order chi connectivity index (χ1) is 23.7. The van der Waals surface area contributed by atoms with E-state index in [9.17, 15) is 60.7 Å². The summed E-state index contributed by atoms with van der Waals surface area (Å²) in [5.41, 5.74) is 0.219. The molecule has 0 aromatic heterocycles. The van der Waals surface area contributed by atoms with Gasteiger partial charge in [-0.25, -0.2) is 4.79 Å². The molecule has 50 heavy (non-hydrogen) atoms. The van der Waals surface area contributed by atoms with E-state index in [-0.39, 0.29) is 34.2 Å². The Morgan fingerprint density at radius 1 is 0.740 bits per heavy atom. The maximum Gasteiger partial charge on any atom is 0.335 e. The van der Waals surface area contributed by atoms with Crippen molar-refractivity contribution in [1.29, 1.82) is 0 Å². The zero-order valence-corrected chi connectivity index (χ0v) is 25.7. The van der Waals surface area contributed by atoms with Crippen LogP contribution in [0.25, 0.3) is 5.76 Å². The van der Waals surface area contributed by atoms with Crippen molar-refractivity contribution < 1.29 is 93.8 Å². The van der Waals surface area contributed by atoms with Crippen LogP contribution in [0.3, 0.4) is 0 Å². The van der Waals surface area contributed by atoms with E-state index in [0.717, 1.165) is 12.1 Å². The Labute approximate surface area is 281 Å². The Kier molecular flexibility index (Phi) is 10.1. The monoisotopic (exact) mass is 711 g/mol. The lowest BCUT2D eigenvalue weighted by Crippen LogP contribution is -2.61. The molecular weight excluding hydrogens is 676 g/mol. The number of aliphatic hydroxyl groups is 10. The number of benzene rings is 1. The molecule has 6 bridgehead atoms. The zero-order chi connectivity index (χ0) is 36.0. The molecule has 272 valence electrons. The maximum atomic E-state index is 12.4. The van der Waals surface area contributed by atoms with Crippen molar-refractivity contribution in [3.05, 3.63) is 64.8 Å². The number of ether oxygens (including phenoxy) is 7. The number of phenols is 2. The Hall–Kier alpha value is -4.28. The van der Waals surface area contributed by atoms with E-state index in [0.29, 0.717) is 0 Å². The SMILES string of the molecule is O=C1CC(O)C(=O)OCC2OC([OH+]C3C=C(O)C=C4OC(c5ccc(O)c(O)c5)=C(C=C43)OC3OC(CO1)C(O)C(O)C3O)C(O)C(O)C2O. The van der Waals surface area contributed by atoms with Gasteiger partial charge >= 0.3 is 11.9 Å². The number of carbonyl (C=O) groups is 2. The number of allylic oxidation sites excluding steroid dienone is 2. The van der Waals surface area contributed by atoms with Crippen molar-refractivity contribution >= 4 is 17.7 Å². The molecule has 12 atom stereocenters. The summed E-state index contributed by atoms with van der Waals surface area (Å²) in [5.74, 6) is -4.37. The molecule has 2 saturated heterocycles. The molecule has 5 aliphatic rings. The van der Waals surface area contributed by atoms with Gasteiger partial charge in [0.25, 0.3) is 6.29 Å². The van der Waals surface area contributed by atoms with E-state index in [1.807, 2.05) is 0 Å². The molecule has 19 heteroatoms. The average molecular weight is 712 g/mol. The first-order valence-electron chi connectivity index (χ1n) is 15.3. The lowest BCUT2D eigenvalue weighted by atomic mass is 9.96. The summed E-state index contributed by atoms with van der Waals surface area (Å²) < 4.78 is 37.8. The smallest absolute Gasteiger partial charge is 0.335 e. The highest BCUT2D eigenvalue weighted by Gasteiger charge is 2.50. The third kappa shape index (κ3) is 7.01. The van der Waals surface area contributed by atoms with Gasteiger partial charge in [-0.05, 0) is 24.3 Å². The summed E-state index contributed by atoms with van der Waals surface area (Å²) in [6, 6.07) is 3.58. The average Bonchev–Trinajstić information content (AvgIpc) is 3.08. The van der Waals surface area contributed by atoms with Gasteiger partial charge in [0.2, 0.25) is 12.4 Å². The summed E-state index contributed by atoms with van der Waals surface area (Å²) in [5, 5.41) is 105. The lowest BCUT2D eigenvalue weighted by Gasteiger charge is -2.41. The molecule has 0 saturated carbocycles. The molecule has 4 aliphatic heterocycles. The number of aromatic hydroxyl groups is 2. The van der Waals surface area contributed by atoms with Gasteiger partial charge in [-0.2, -0.15) is 0 Å². The zero-order valence-electron chi connectivity index (χ0n) is 25.7. The molecule has 0 spiro atoms. The molecule has 1 aromatic rings. The van der Waals surface area contributed by atoms with Crippen LogP contribution in [0, 0.1) is 0 Å². The van der Waals surface area contributed by atoms with E-state index in [1.54, 1.807) is 0 Å². The van der Waals surface area contributed by atoms with Crippen LogP contribution >= 0.6 is 0 Å². The van der Waals surface area contributed by atoms with Crippen LogP contribution in [0.2, 0.25) is 0 Å². The fourth-order valence-electron chi connectivity index (χ4n) is 5.71. The van der Waals surface area contributed by atoms with Crippen molar-refractivity contribution in [3.63, 3.8) is 0 Å². The number of esters is 2. The summed E-state index contributed by atoms with van der Waals surface area (Å²) in [7, 11) is 0. The van der Waals surface area contributed by atoms with Crippen LogP contribution in [-0.2, 0) is 38.0 Å². The van der Waals surface area contributed by atoms with Crippen LogP contribution in [0.15, 0.2) is 59.3 Å². The molecule has 2 fully saturated rings. The van der Waals surface area contributed by atoms with Crippen LogP contribution in [0.1, 0.15) is 12.0 Å². The third-order valence-electron chi connectivity index (χ3n) is 8.51. The minimum atomic E-state index is -2.07. The van der Waals surface area contributed by atoms with E-state index in [4.69, 9.17) is 28.4 Å². The number of cyclic esters (lactones) is 2. The Morgan fingerprint density at radius 2 is 1.42 bits per heavy atom. The third-order valence-corrected chi connectivity index (χ3v) is 8.51. The first kappa shape index (κ1) is 35.5. The molecule has 0 amide bonds. The topological polar surface area (TPSA) is 305 Å². The van der Waals surface area contributed by atoms with E-state index in [1.165, 1.54) is 24.3 Å². The standard InChI is InChI=1S/C31H34O19/c32-11-4-16-12-6-18(28(46-16)10-1-2-13(33)14(34)3-10)48-31-27(42)24(39)22(37)19(49-31)8-44-21(36)7-15(35)29(43)45-9-20-23(38)25(40)26(41)30(50-20)47-17(12)5-11/h1-6,15,17,19-20,22-27,30-35,37-42H,7-9H2/p+1. The van der Waals surface area contributed by atoms with Crippen molar-refractivity contribution in [2.45, 2.75) is 80.0 Å². The van der Waals surface area contributed by atoms with Crippen molar-refractivity contribution in [3.8, 4) is 11.5 Å². The van der Waals surface area contributed by atoms with Crippen molar-refractivity contribution in [1.82, 2.24) is 0 Å². The highest BCUT2D eigenvalue weighted by atomic mass is 16.7. The van der Waals surface area contributed by atoms with Crippen LogP contribution in [0.5, 0.6) is 11.5 Å². The summed E-state index contributed by atoms with van der Waals surface area (Å²) in [4.78, 5) is 24.9. The number of phenolic OH excluding ortho intramolecular Hbond substituents is 2. The second kappa shape index (κ2) is 14.2. The van der Waals surface area contributed by atoms with Gasteiger partial charge in [0, 0.05) is 17.7 Å². The van der Waals surface area contributed by atoms with Gasteiger partial charge in [0.1, 0.15) is 67.5 Å². The molecule has 1 aromatic carbocycles. The van der Waals surface area contributed by atoms with Crippen LogP contribution in [0.4, 0.5) is 0 Å². The van der Waals surface area contributed by atoms with Gasteiger partial charge in [-0.1, -0.05) is 0 Å². The first-order valence-corrected chi connectivity index (χ1v) is 15.3. The highest BCUT2D eigenvalue weighted by molar-refractivity contribution is 5.81. The summed E-state index contributed by atoms with van der Waals surface area (Å²) in [6.07, 6.45) is -18.2. The summed E-state index contributed by atoms with van der Waals surface area (Å²) >= 11 is 0. The lowest BCUT2D eigenvalue weighted by molar-refractivity contribution is -0.356. The maximum absolute atomic E-state index is 12.4. The van der Waals surface area contributed by atoms with Crippen LogP contribution < -0.4 is 0 Å². The normalized spacial score (nSPS) is 38.3. The highest BCUT2D eigenvalue weighted by Crippen LogP contribution is 2.41. The number of fused-ring (bicyclic) bond motifs is 5. The van der Waals surface area contributed by atoms with Gasteiger partial charge in [-0.3, -0.25) is 4.79 Å². The van der Waals surface area contributed by atoms with Gasteiger partial charge in [0.05, 0.1) is 12.0 Å². The van der Waals surface area contributed by atoms with Crippen LogP contribution in [-0.4, -0.2) is 155 Å². The largest absolute Gasteiger partial charge is 0.508 e. The molecule has 1 aliphatic carbocycles. The number of hydrogen-bond acceptors (Lipinski definition) is 18. The fraction of sp³-hybridized carbons (Fsp3) is 0.484. The second-order valence-corrected chi connectivity index (χ2v) is 12.0. The van der Waals surface area contributed by atoms with Gasteiger partial charge in [-0.15, -0.1) is 0 Å². The molecule has 4 heterocycles. The van der Waals surface area contributed by atoms with E-state index < -0.39 is 117 Å². The molecule has 11 N–H and O–H groups in total. The van der Waals surface area contributed by atoms with E-state index in [2.05, 4.69) is 4.74 Å². The van der Waals surface area contributed by atoms with E-state index >= 15 is 0 Å². The minimum Gasteiger partial charge on any atom is -0.508 e. The quantitative estimate of drug-likeness (QED) is 0.0766. The Morgan fingerprint density at radius 3 is 2.14 bits per heavy atom. The minimum absolute atomic E-state index is 0.0495. The summed E-state index contributed by atoms with van der Waals surface area (Å²) in [6.45, 7) is -1.51. The Bertz CT molecular complexity index is 1620. The van der Waals surface area contributed by atoms with Gasteiger partial charge in [0.15, 0.2) is 35.2 Å². The number of carbonyl (C=O) groups excluding carboxylic acids is 2. The molecular formula is C31H35O19+. The number of rotatable bonds is 1. The molecule has 6 rings (SSSR count). The predicted octanol–water partition coefficient (Wildman–Crippen LogP) is -3.56. The van der Waals surface area contributed by atoms with Gasteiger partial charge < -0.3 is 84.2 Å². The second-order valence-electron chi connectivity index (χ2n) is 12.0. The predicted molar refractivity (Wildman–Crippen MR) is 158 cm³/mol. The van der Waals surface area contributed by atoms with Crippen molar-refractivity contribution in [2.75, 3.05) is 13.2 Å². The Balaban J connectivity index is 1.42. The molecule has 0 radical (unpaired) electrons. The van der Waals surface area contributed by atoms with Crippen molar-refractivity contribution in [2.24, 2.45) is 0 Å². The molecule has 12 unspecified atom stereocenters. The fourth-order valence-corrected chi connectivity index (χ4v) is 5.71. The molecule has 19 nitrogen and oxygen atoms in total.